The molecule has 4 N–H and O–H groups in total. The smallest absolute Gasteiger partial charge is 0.271 e. The van der Waals surface area contributed by atoms with Crippen molar-refractivity contribution in [2.45, 2.75) is 50.4 Å². The summed E-state index contributed by atoms with van der Waals surface area (Å²) in [5.41, 5.74) is 9.50. The molecular weight excluding hydrogens is 406 g/mol. The Hall–Kier alpha value is -2.66. The summed E-state index contributed by atoms with van der Waals surface area (Å²) in [7, 11) is 0. The van der Waals surface area contributed by atoms with Crippen LogP contribution in [0, 0.1) is 13.8 Å². The van der Waals surface area contributed by atoms with Crippen LogP contribution in [0.25, 0.3) is 16.2 Å². The number of hydrogen-bond acceptors (Lipinski definition) is 9. The highest BCUT2D eigenvalue weighted by Gasteiger charge is 2.21. The number of aromatic nitrogens is 7. The van der Waals surface area contributed by atoms with Crippen molar-refractivity contribution in [3.05, 3.63) is 33.7 Å². The highest BCUT2D eigenvalue weighted by atomic mass is 32.2. The van der Waals surface area contributed by atoms with Gasteiger partial charge >= 0.3 is 0 Å². The molecule has 9 nitrogen and oxygen atoms in total. The summed E-state index contributed by atoms with van der Waals surface area (Å²) < 4.78 is 3.12. The molecule has 4 heterocycles. The van der Waals surface area contributed by atoms with Crippen molar-refractivity contribution < 1.29 is 0 Å². The predicted molar refractivity (Wildman–Crippen MR) is 115 cm³/mol. The second kappa shape index (κ2) is 6.99. The highest BCUT2D eigenvalue weighted by Crippen LogP contribution is 2.38. The SMILES string of the molecule is Cc1cc(C)n(-c2nnc(SCc3nc(N)c4c5c(sc4n3)CCCC5)n2N)n1. The summed E-state index contributed by atoms with van der Waals surface area (Å²) >= 11 is 3.18. The number of nitrogen functional groups attached to an aromatic ring is 2. The van der Waals surface area contributed by atoms with E-state index in [-0.39, 0.29) is 0 Å². The van der Waals surface area contributed by atoms with Gasteiger partial charge in [0, 0.05) is 10.6 Å². The Labute approximate surface area is 175 Å². The second-order valence-corrected chi connectivity index (χ2v) is 9.22. The fourth-order valence-corrected chi connectivity index (χ4v) is 5.76. The van der Waals surface area contributed by atoms with Crippen LogP contribution in [0.5, 0.6) is 0 Å². The van der Waals surface area contributed by atoms with Crippen LogP contribution in [-0.2, 0) is 18.6 Å². The van der Waals surface area contributed by atoms with Gasteiger partial charge in [-0.1, -0.05) is 11.8 Å². The number of thiophene rings is 1. The molecule has 4 aromatic rings. The third-order valence-electron chi connectivity index (χ3n) is 5.06. The standard InChI is InChI=1S/C18H21N9S2/c1-9-7-10(2)27(25-9)17-23-24-18(26(17)20)28-8-13-21-15(19)14-11-5-3-4-6-12(11)29-16(14)22-13/h7H,3-6,8,20H2,1-2H3,(H2,19,21,22). The molecule has 0 aromatic carbocycles. The number of fused-ring (bicyclic) bond motifs is 3. The van der Waals surface area contributed by atoms with Gasteiger partial charge in [-0.05, 0) is 51.2 Å². The average Bonchev–Trinajstić information content (AvgIpc) is 3.34. The molecule has 1 aliphatic rings. The number of anilines is 1. The molecule has 29 heavy (non-hydrogen) atoms. The minimum absolute atomic E-state index is 0.472. The van der Waals surface area contributed by atoms with Gasteiger partial charge in [-0.15, -0.1) is 21.5 Å². The number of rotatable bonds is 4. The summed E-state index contributed by atoms with van der Waals surface area (Å²) in [4.78, 5) is 11.7. The summed E-state index contributed by atoms with van der Waals surface area (Å²) in [5, 5.41) is 14.4. The maximum Gasteiger partial charge on any atom is 0.271 e. The average molecular weight is 428 g/mol. The molecule has 0 aliphatic heterocycles. The van der Waals surface area contributed by atoms with E-state index in [2.05, 4.69) is 20.3 Å². The van der Waals surface area contributed by atoms with E-state index < -0.39 is 0 Å². The summed E-state index contributed by atoms with van der Waals surface area (Å²) in [5.74, 6) is 8.44. The monoisotopic (exact) mass is 427 g/mol. The van der Waals surface area contributed by atoms with Gasteiger partial charge in [-0.3, -0.25) is 0 Å². The van der Waals surface area contributed by atoms with Crippen molar-refractivity contribution in [2.75, 3.05) is 11.6 Å². The van der Waals surface area contributed by atoms with Crippen molar-refractivity contribution in [3.63, 3.8) is 0 Å². The molecular formula is C18H21N9S2. The van der Waals surface area contributed by atoms with E-state index in [1.165, 1.54) is 39.7 Å². The lowest BCUT2D eigenvalue weighted by atomic mass is 9.97. The van der Waals surface area contributed by atoms with E-state index in [0.29, 0.717) is 28.5 Å². The van der Waals surface area contributed by atoms with E-state index in [1.54, 1.807) is 16.0 Å². The molecule has 0 radical (unpaired) electrons. The lowest BCUT2D eigenvalue weighted by Gasteiger charge is -2.10. The van der Waals surface area contributed by atoms with Gasteiger partial charge in [0.2, 0.25) is 5.16 Å². The molecule has 0 bridgehead atoms. The van der Waals surface area contributed by atoms with Gasteiger partial charge in [-0.2, -0.15) is 5.10 Å². The van der Waals surface area contributed by atoms with Crippen LogP contribution in [-0.4, -0.2) is 34.6 Å². The molecule has 0 unspecified atom stereocenters. The zero-order chi connectivity index (χ0) is 20.1. The maximum atomic E-state index is 6.30. The van der Waals surface area contributed by atoms with Crippen LogP contribution < -0.4 is 11.6 Å². The van der Waals surface area contributed by atoms with Gasteiger partial charge in [0.1, 0.15) is 16.5 Å². The van der Waals surface area contributed by atoms with E-state index >= 15 is 0 Å². The molecule has 11 heteroatoms. The fraction of sp³-hybridized carbons (Fsp3) is 0.389. The van der Waals surface area contributed by atoms with Crippen molar-refractivity contribution in [1.29, 1.82) is 0 Å². The Morgan fingerprint density at radius 2 is 2.00 bits per heavy atom. The molecule has 1 aliphatic carbocycles. The topological polar surface area (TPSA) is 126 Å². The van der Waals surface area contributed by atoms with Gasteiger partial charge in [0.05, 0.1) is 16.8 Å². The summed E-state index contributed by atoms with van der Waals surface area (Å²) in [6.45, 7) is 3.88. The summed E-state index contributed by atoms with van der Waals surface area (Å²) in [6.07, 6.45) is 4.63. The molecule has 0 saturated heterocycles. The van der Waals surface area contributed by atoms with Crippen molar-refractivity contribution in [1.82, 2.24) is 34.6 Å². The van der Waals surface area contributed by atoms with E-state index in [1.807, 2.05) is 19.9 Å². The quantitative estimate of drug-likeness (QED) is 0.376. The van der Waals surface area contributed by atoms with Crippen LogP contribution in [0.4, 0.5) is 5.82 Å². The lowest BCUT2D eigenvalue weighted by molar-refractivity contribution is 0.700. The first-order valence-electron chi connectivity index (χ1n) is 9.45. The Morgan fingerprint density at radius 3 is 2.79 bits per heavy atom. The first kappa shape index (κ1) is 18.4. The Balaban J connectivity index is 1.40. The third kappa shape index (κ3) is 3.14. The first-order chi connectivity index (χ1) is 14.0. The molecule has 0 amide bonds. The molecule has 0 spiro atoms. The lowest BCUT2D eigenvalue weighted by Crippen LogP contribution is -2.17. The van der Waals surface area contributed by atoms with Gasteiger partial charge < -0.3 is 11.6 Å². The predicted octanol–water partition coefficient (Wildman–Crippen LogP) is 2.55. The van der Waals surface area contributed by atoms with Crippen molar-refractivity contribution in [2.24, 2.45) is 0 Å². The molecule has 0 fully saturated rings. The molecule has 150 valence electrons. The van der Waals surface area contributed by atoms with Crippen molar-refractivity contribution >= 4 is 39.1 Å². The van der Waals surface area contributed by atoms with Crippen LogP contribution in [0.1, 0.15) is 40.5 Å². The van der Waals surface area contributed by atoms with Gasteiger partial charge in [0.25, 0.3) is 5.95 Å². The fourth-order valence-electron chi connectivity index (χ4n) is 3.77. The largest absolute Gasteiger partial charge is 0.383 e. The van der Waals surface area contributed by atoms with Crippen molar-refractivity contribution in [3.8, 4) is 5.95 Å². The minimum atomic E-state index is 0.472. The normalized spacial score (nSPS) is 13.9. The second-order valence-electron chi connectivity index (χ2n) is 7.20. The molecule has 0 atom stereocenters. The number of nitrogens with zero attached hydrogens (tertiary/aromatic N) is 7. The summed E-state index contributed by atoms with van der Waals surface area (Å²) in [6, 6.07) is 1.97. The highest BCUT2D eigenvalue weighted by molar-refractivity contribution is 7.98. The van der Waals surface area contributed by atoms with E-state index in [4.69, 9.17) is 16.6 Å². The van der Waals surface area contributed by atoms with Crippen LogP contribution >= 0.6 is 23.1 Å². The first-order valence-corrected chi connectivity index (χ1v) is 11.2. The number of hydrogen-bond donors (Lipinski definition) is 2. The zero-order valence-electron chi connectivity index (χ0n) is 16.2. The number of aryl methyl sites for hydroxylation is 4. The maximum absolute atomic E-state index is 6.30. The van der Waals surface area contributed by atoms with Crippen LogP contribution in [0.15, 0.2) is 11.2 Å². The number of thioether (sulfide) groups is 1. The van der Waals surface area contributed by atoms with Gasteiger partial charge in [0.15, 0.2) is 0 Å². The Morgan fingerprint density at radius 1 is 1.17 bits per heavy atom. The molecule has 4 aromatic heterocycles. The molecule has 0 saturated carbocycles. The minimum Gasteiger partial charge on any atom is -0.383 e. The third-order valence-corrected chi connectivity index (χ3v) is 7.19. The Bertz CT molecular complexity index is 1220. The van der Waals surface area contributed by atoms with Crippen LogP contribution in [0.2, 0.25) is 0 Å². The molecule has 5 rings (SSSR count). The number of nitrogens with two attached hydrogens (primary N) is 2. The van der Waals surface area contributed by atoms with Gasteiger partial charge in [-0.25, -0.2) is 19.3 Å². The zero-order valence-corrected chi connectivity index (χ0v) is 17.8. The van der Waals surface area contributed by atoms with E-state index in [0.717, 1.165) is 34.4 Å². The Kier molecular flexibility index (Phi) is 4.43. The van der Waals surface area contributed by atoms with E-state index in [9.17, 15) is 0 Å². The van der Waals surface area contributed by atoms with Crippen LogP contribution in [0.3, 0.4) is 0 Å².